The molecule has 0 heterocycles. The minimum absolute atomic E-state index is 0.0741. The third-order valence-electron chi connectivity index (χ3n) is 1.87. The lowest BCUT2D eigenvalue weighted by molar-refractivity contribution is -0.149. The van der Waals surface area contributed by atoms with Gasteiger partial charge in [-0.2, -0.15) is 0 Å². The van der Waals surface area contributed by atoms with E-state index in [1.807, 2.05) is 20.8 Å². The van der Waals surface area contributed by atoms with E-state index in [0.717, 1.165) is 0 Å². The van der Waals surface area contributed by atoms with Crippen LogP contribution in [0.1, 0.15) is 27.2 Å². The van der Waals surface area contributed by atoms with E-state index in [1.54, 1.807) is 6.08 Å². The topological polar surface area (TPSA) is 26.3 Å². The number of rotatable bonds is 5. The number of esters is 1. The van der Waals surface area contributed by atoms with Gasteiger partial charge in [-0.05, 0) is 19.3 Å². The van der Waals surface area contributed by atoms with Gasteiger partial charge < -0.3 is 4.74 Å². The molecule has 0 aromatic heterocycles. The minimum Gasteiger partial charge on any atom is -0.466 e. The fraction of sp³-hybridized carbons (Fsp3) is 0.700. The Kier molecular flexibility index (Phi) is 6.69. The molecule has 0 N–H and O–H groups in total. The molecule has 0 aromatic rings. The van der Waals surface area contributed by atoms with Gasteiger partial charge in [-0.1, -0.05) is 31.5 Å². The average Bonchev–Trinajstić information content (AvgIpc) is 2.05. The second-order valence-corrected chi connectivity index (χ2v) is 3.45. The summed E-state index contributed by atoms with van der Waals surface area (Å²) in [6.07, 6.45) is 2.43. The monoisotopic (exact) mass is 204 g/mol. The highest BCUT2D eigenvalue weighted by molar-refractivity contribution is 6.25. The molecule has 0 bridgehead atoms. The van der Waals surface area contributed by atoms with Gasteiger partial charge >= 0.3 is 5.97 Å². The molecule has 13 heavy (non-hydrogen) atoms. The SMILES string of the molecule is CCOC(=O)C(C/C=C/Cl)C(C)C. The molecule has 0 spiro atoms. The van der Waals surface area contributed by atoms with Crippen molar-refractivity contribution in [1.82, 2.24) is 0 Å². The molecule has 0 aliphatic rings. The summed E-state index contributed by atoms with van der Waals surface area (Å²) in [7, 11) is 0. The predicted molar refractivity (Wildman–Crippen MR) is 54.6 cm³/mol. The Morgan fingerprint density at radius 1 is 1.54 bits per heavy atom. The summed E-state index contributed by atoms with van der Waals surface area (Å²) in [5.74, 6) is 0.0779. The van der Waals surface area contributed by atoms with Crippen molar-refractivity contribution in [1.29, 1.82) is 0 Å². The van der Waals surface area contributed by atoms with Crippen LogP contribution in [0.25, 0.3) is 0 Å². The number of hydrogen-bond acceptors (Lipinski definition) is 2. The molecular weight excluding hydrogens is 188 g/mol. The maximum Gasteiger partial charge on any atom is 0.309 e. The molecule has 1 unspecified atom stereocenters. The normalized spacial score (nSPS) is 13.6. The lowest BCUT2D eigenvalue weighted by Gasteiger charge is -2.16. The van der Waals surface area contributed by atoms with E-state index in [2.05, 4.69) is 0 Å². The van der Waals surface area contributed by atoms with Gasteiger partial charge in [-0.3, -0.25) is 4.79 Å². The lowest BCUT2D eigenvalue weighted by Crippen LogP contribution is -2.22. The molecule has 0 saturated carbocycles. The fourth-order valence-corrected chi connectivity index (χ4v) is 1.19. The number of ether oxygens (including phenoxy) is 1. The highest BCUT2D eigenvalue weighted by Crippen LogP contribution is 2.17. The van der Waals surface area contributed by atoms with Crippen molar-refractivity contribution in [3.05, 3.63) is 11.6 Å². The average molecular weight is 205 g/mol. The van der Waals surface area contributed by atoms with Crippen LogP contribution >= 0.6 is 11.6 Å². The number of allylic oxidation sites excluding steroid dienone is 1. The van der Waals surface area contributed by atoms with E-state index in [1.165, 1.54) is 5.54 Å². The minimum atomic E-state index is -0.132. The first kappa shape index (κ1) is 12.5. The first-order valence-corrected chi connectivity index (χ1v) is 4.99. The van der Waals surface area contributed by atoms with Gasteiger partial charge in [0.1, 0.15) is 0 Å². The zero-order valence-corrected chi connectivity index (χ0v) is 9.17. The molecule has 0 radical (unpaired) electrons. The molecule has 0 aliphatic heterocycles. The summed E-state index contributed by atoms with van der Waals surface area (Å²) in [4.78, 5) is 11.4. The second-order valence-electron chi connectivity index (χ2n) is 3.20. The molecule has 3 heteroatoms. The number of carbonyl (C=O) groups excluding carboxylic acids is 1. The summed E-state index contributed by atoms with van der Waals surface area (Å²) in [5, 5.41) is 0. The Morgan fingerprint density at radius 2 is 2.15 bits per heavy atom. The van der Waals surface area contributed by atoms with Crippen molar-refractivity contribution in [3.8, 4) is 0 Å². The first-order chi connectivity index (χ1) is 6.13. The lowest BCUT2D eigenvalue weighted by atomic mass is 9.93. The van der Waals surface area contributed by atoms with E-state index in [4.69, 9.17) is 16.3 Å². The predicted octanol–water partition coefficient (Wildman–Crippen LogP) is 2.96. The van der Waals surface area contributed by atoms with Crippen molar-refractivity contribution in [3.63, 3.8) is 0 Å². The summed E-state index contributed by atoms with van der Waals surface area (Å²) in [6.45, 7) is 6.26. The quantitative estimate of drug-likeness (QED) is 0.644. The van der Waals surface area contributed by atoms with E-state index >= 15 is 0 Å². The van der Waals surface area contributed by atoms with Crippen LogP contribution in [0.3, 0.4) is 0 Å². The Bertz CT molecular complexity index is 176. The van der Waals surface area contributed by atoms with Gasteiger partial charge in [-0.25, -0.2) is 0 Å². The van der Waals surface area contributed by atoms with Crippen LogP contribution < -0.4 is 0 Å². The first-order valence-electron chi connectivity index (χ1n) is 4.55. The summed E-state index contributed by atoms with van der Waals surface area (Å²) in [5.41, 5.74) is 1.44. The zero-order chi connectivity index (χ0) is 10.3. The number of carbonyl (C=O) groups is 1. The molecular formula is C10H17ClO2. The van der Waals surface area contributed by atoms with E-state index in [0.29, 0.717) is 13.0 Å². The van der Waals surface area contributed by atoms with Crippen LogP contribution in [-0.2, 0) is 9.53 Å². The Morgan fingerprint density at radius 3 is 2.54 bits per heavy atom. The highest BCUT2D eigenvalue weighted by Gasteiger charge is 2.21. The number of halogens is 1. The van der Waals surface area contributed by atoms with Crippen LogP contribution in [-0.4, -0.2) is 12.6 Å². The third-order valence-corrected chi connectivity index (χ3v) is 2.05. The third kappa shape index (κ3) is 4.94. The molecule has 0 rings (SSSR count). The van der Waals surface area contributed by atoms with Crippen molar-refractivity contribution in [2.75, 3.05) is 6.61 Å². The summed E-state index contributed by atoms with van der Waals surface area (Å²) < 4.78 is 4.95. The van der Waals surface area contributed by atoms with Gasteiger partial charge in [0, 0.05) is 5.54 Å². The Hall–Kier alpha value is -0.500. The highest BCUT2D eigenvalue weighted by atomic mass is 35.5. The molecule has 1 atom stereocenters. The van der Waals surface area contributed by atoms with E-state index in [-0.39, 0.29) is 17.8 Å². The van der Waals surface area contributed by atoms with Crippen molar-refractivity contribution < 1.29 is 9.53 Å². The van der Waals surface area contributed by atoms with Crippen LogP contribution in [0.5, 0.6) is 0 Å². The van der Waals surface area contributed by atoms with Crippen LogP contribution in [0.15, 0.2) is 11.6 Å². The van der Waals surface area contributed by atoms with Crippen LogP contribution in [0.4, 0.5) is 0 Å². The molecule has 0 aliphatic carbocycles. The second kappa shape index (κ2) is 6.96. The molecule has 0 amide bonds. The van der Waals surface area contributed by atoms with Crippen molar-refractivity contribution in [2.24, 2.45) is 11.8 Å². The summed E-state index contributed by atoms with van der Waals surface area (Å²) >= 11 is 5.40. The van der Waals surface area contributed by atoms with Crippen LogP contribution in [0.2, 0.25) is 0 Å². The van der Waals surface area contributed by atoms with Gasteiger partial charge in [-0.15, -0.1) is 0 Å². The molecule has 2 nitrogen and oxygen atoms in total. The number of hydrogen-bond donors (Lipinski definition) is 0. The van der Waals surface area contributed by atoms with Gasteiger partial charge in [0.15, 0.2) is 0 Å². The van der Waals surface area contributed by atoms with Crippen molar-refractivity contribution >= 4 is 17.6 Å². The smallest absolute Gasteiger partial charge is 0.309 e. The molecule has 0 fully saturated rings. The Balaban J connectivity index is 4.15. The maximum absolute atomic E-state index is 11.4. The standard InChI is InChI=1S/C10H17ClO2/c1-4-13-10(12)9(8(2)3)6-5-7-11/h5,7-9H,4,6H2,1-3H3/b7-5+. The van der Waals surface area contributed by atoms with E-state index in [9.17, 15) is 4.79 Å². The van der Waals surface area contributed by atoms with Gasteiger partial charge in [0.2, 0.25) is 0 Å². The fourth-order valence-electron chi connectivity index (χ4n) is 1.09. The summed E-state index contributed by atoms with van der Waals surface area (Å²) in [6, 6.07) is 0. The zero-order valence-electron chi connectivity index (χ0n) is 8.42. The molecule has 0 aromatic carbocycles. The molecule has 76 valence electrons. The van der Waals surface area contributed by atoms with E-state index < -0.39 is 0 Å². The van der Waals surface area contributed by atoms with Crippen LogP contribution in [0, 0.1) is 11.8 Å². The largest absolute Gasteiger partial charge is 0.466 e. The maximum atomic E-state index is 11.4. The van der Waals surface area contributed by atoms with Gasteiger partial charge in [0.05, 0.1) is 12.5 Å². The Labute approximate surface area is 84.9 Å². The van der Waals surface area contributed by atoms with Crippen molar-refractivity contribution in [2.45, 2.75) is 27.2 Å². The molecule has 0 saturated heterocycles. The van der Waals surface area contributed by atoms with Gasteiger partial charge in [0.25, 0.3) is 0 Å².